The molecule has 1 amide bonds. The molecule has 2 aromatic rings. The van der Waals surface area contributed by atoms with Crippen LogP contribution in [0.3, 0.4) is 0 Å². The summed E-state index contributed by atoms with van der Waals surface area (Å²) in [4.78, 5) is 14.5. The summed E-state index contributed by atoms with van der Waals surface area (Å²) in [6.45, 7) is 7.57. The van der Waals surface area contributed by atoms with E-state index in [0.717, 1.165) is 10.8 Å². The maximum atomic E-state index is 13.0. The number of fused-ring (bicyclic) bond motifs is 1. The van der Waals surface area contributed by atoms with Crippen LogP contribution in [0.25, 0.3) is 10.8 Å². The third-order valence-corrected chi connectivity index (χ3v) is 6.88. The number of rotatable bonds is 5. The molecule has 1 N–H and O–H groups in total. The molecule has 3 rings (SSSR count). The van der Waals surface area contributed by atoms with Crippen molar-refractivity contribution in [2.75, 3.05) is 26.2 Å². The first-order chi connectivity index (χ1) is 12.8. The van der Waals surface area contributed by atoms with Crippen LogP contribution >= 0.6 is 0 Å². The van der Waals surface area contributed by atoms with E-state index in [1.54, 1.807) is 12.1 Å². The minimum absolute atomic E-state index is 0.0177. The average Bonchev–Trinajstić information content (AvgIpc) is 2.66. The highest BCUT2D eigenvalue weighted by Crippen LogP contribution is 2.23. The normalized spacial score (nSPS) is 17.9. The van der Waals surface area contributed by atoms with E-state index < -0.39 is 10.0 Å². The van der Waals surface area contributed by atoms with Gasteiger partial charge in [0.2, 0.25) is 15.9 Å². The Balaban J connectivity index is 1.69. The molecule has 1 heterocycles. The van der Waals surface area contributed by atoms with Gasteiger partial charge in [-0.3, -0.25) is 9.69 Å². The van der Waals surface area contributed by atoms with E-state index in [2.05, 4.69) is 5.32 Å². The molecule has 1 aliphatic heterocycles. The van der Waals surface area contributed by atoms with Crippen LogP contribution < -0.4 is 5.32 Å². The molecule has 0 saturated carbocycles. The van der Waals surface area contributed by atoms with Gasteiger partial charge in [0.25, 0.3) is 0 Å². The largest absolute Gasteiger partial charge is 0.353 e. The summed E-state index contributed by atoms with van der Waals surface area (Å²) in [5, 5.41) is 4.84. The van der Waals surface area contributed by atoms with Gasteiger partial charge in [-0.2, -0.15) is 4.31 Å². The molecule has 0 bridgehead atoms. The van der Waals surface area contributed by atoms with Crippen LogP contribution in [0.2, 0.25) is 0 Å². The molecule has 27 heavy (non-hydrogen) atoms. The molecule has 0 radical (unpaired) electrons. The number of nitrogens with zero attached hydrogens (tertiary/aromatic N) is 2. The fourth-order valence-corrected chi connectivity index (χ4v) is 4.84. The predicted molar refractivity (Wildman–Crippen MR) is 107 cm³/mol. The van der Waals surface area contributed by atoms with Crippen LogP contribution in [-0.2, 0) is 14.8 Å². The Labute approximate surface area is 161 Å². The Morgan fingerprint density at radius 2 is 1.59 bits per heavy atom. The third kappa shape index (κ3) is 4.31. The smallest absolute Gasteiger partial charge is 0.243 e. The number of amides is 1. The zero-order valence-corrected chi connectivity index (χ0v) is 16.9. The molecular weight excluding hydrogens is 362 g/mol. The van der Waals surface area contributed by atoms with Crippen LogP contribution in [0.5, 0.6) is 0 Å². The second kappa shape index (κ2) is 7.96. The number of sulfonamides is 1. The monoisotopic (exact) mass is 389 g/mol. The Morgan fingerprint density at radius 3 is 2.22 bits per heavy atom. The fourth-order valence-electron chi connectivity index (χ4n) is 3.38. The van der Waals surface area contributed by atoms with Crippen LogP contribution in [0.15, 0.2) is 47.4 Å². The van der Waals surface area contributed by atoms with Gasteiger partial charge in [0.15, 0.2) is 0 Å². The Kier molecular flexibility index (Phi) is 5.83. The van der Waals surface area contributed by atoms with E-state index in [-0.39, 0.29) is 18.0 Å². The molecule has 7 heteroatoms. The highest BCUT2D eigenvalue weighted by atomic mass is 32.2. The van der Waals surface area contributed by atoms with Gasteiger partial charge in [-0.15, -0.1) is 0 Å². The van der Waals surface area contributed by atoms with Crippen molar-refractivity contribution in [2.45, 2.75) is 37.8 Å². The molecule has 2 aromatic carbocycles. The summed E-state index contributed by atoms with van der Waals surface area (Å²) < 4.78 is 27.5. The van der Waals surface area contributed by atoms with Gasteiger partial charge >= 0.3 is 0 Å². The van der Waals surface area contributed by atoms with Crippen molar-refractivity contribution in [3.8, 4) is 0 Å². The summed E-state index contributed by atoms with van der Waals surface area (Å²) in [6.07, 6.45) is 0. The topological polar surface area (TPSA) is 69.7 Å². The van der Waals surface area contributed by atoms with Crippen molar-refractivity contribution in [2.24, 2.45) is 0 Å². The molecule has 0 aliphatic carbocycles. The Bertz CT molecular complexity index is 919. The van der Waals surface area contributed by atoms with E-state index in [1.165, 1.54) is 4.31 Å². The van der Waals surface area contributed by atoms with Crippen LogP contribution in [-0.4, -0.2) is 61.8 Å². The average molecular weight is 390 g/mol. The number of hydrogen-bond donors (Lipinski definition) is 1. The standard InChI is InChI=1S/C20H27N3O3S/c1-15(2)21-20(24)16(3)22-10-12-23(13-11-22)27(25,26)19-9-8-17-6-4-5-7-18(17)14-19/h4-9,14-16H,10-13H2,1-3H3,(H,21,24)/t16-/m1/s1. The van der Waals surface area contributed by atoms with Crippen molar-refractivity contribution >= 4 is 26.7 Å². The van der Waals surface area contributed by atoms with Gasteiger partial charge in [-0.1, -0.05) is 30.3 Å². The first-order valence-corrected chi connectivity index (χ1v) is 10.8. The maximum Gasteiger partial charge on any atom is 0.243 e. The van der Waals surface area contributed by atoms with Gasteiger partial charge in [-0.25, -0.2) is 8.42 Å². The summed E-state index contributed by atoms with van der Waals surface area (Å²) in [5.74, 6) is -0.0177. The van der Waals surface area contributed by atoms with Crippen molar-refractivity contribution in [1.29, 1.82) is 0 Å². The van der Waals surface area contributed by atoms with Gasteiger partial charge in [-0.05, 0) is 43.7 Å². The molecule has 1 atom stereocenters. The van der Waals surface area contributed by atoms with Crippen molar-refractivity contribution in [3.63, 3.8) is 0 Å². The van der Waals surface area contributed by atoms with Gasteiger partial charge in [0.05, 0.1) is 10.9 Å². The molecule has 1 saturated heterocycles. The predicted octanol–water partition coefficient (Wildman–Crippen LogP) is 2.06. The summed E-state index contributed by atoms with van der Waals surface area (Å²) in [5.41, 5.74) is 0. The number of nitrogens with one attached hydrogen (secondary N) is 1. The van der Waals surface area contributed by atoms with E-state index >= 15 is 0 Å². The van der Waals surface area contributed by atoms with Gasteiger partial charge in [0.1, 0.15) is 0 Å². The number of benzene rings is 2. The quantitative estimate of drug-likeness (QED) is 0.850. The summed E-state index contributed by atoms with van der Waals surface area (Å²) >= 11 is 0. The number of carbonyl (C=O) groups is 1. The molecule has 1 fully saturated rings. The van der Waals surface area contributed by atoms with Crippen LogP contribution in [0, 0.1) is 0 Å². The van der Waals surface area contributed by atoms with E-state index in [0.29, 0.717) is 31.1 Å². The SMILES string of the molecule is CC(C)NC(=O)[C@@H](C)N1CCN(S(=O)(=O)c2ccc3ccccc3c2)CC1. The number of piperazine rings is 1. The molecule has 0 unspecified atom stereocenters. The molecule has 6 nitrogen and oxygen atoms in total. The van der Waals surface area contributed by atoms with Crippen molar-refractivity contribution in [1.82, 2.24) is 14.5 Å². The lowest BCUT2D eigenvalue weighted by Crippen LogP contribution is -2.55. The van der Waals surface area contributed by atoms with Crippen LogP contribution in [0.1, 0.15) is 20.8 Å². The zero-order chi connectivity index (χ0) is 19.6. The molecule has 0 spiro atoms. The van der Waals surface area contributed by atoms with E-state index in [9.17, 15) is 13.2 Å². The number of hydrogen-bond acceptors (Lipinski definition) is 4. The second-order valence-corrected chi connectivity index (χ2v) is 9.23. The first kappa shape index (κ1) is 19.8. The summed E-state index contributed by atoms with van der Waals surface area (Å²) in [7, 11) is -3.54. The lowest BCUT2D eigenvalue weighted by Gasteiger charge is -2.37. The van der Waals surface area contributed by atoms with Crippen LogP contribution in [0.4, 0.5) is 0 Å². The highest BCUT2D eigenvalue weighted by Gasteiger charge is 2.31. The fraction of sp³-hybridized carbons (Fsp3) is 0.450. The minimum atomic E-state index is -3.54. The summed E-state index contributed by atoms with van der Waals surface area (Å²) in [6, 6.07) is 12.8. The molecule has 0 aromatic heterocycles. The third-order valence-electron chi connectivity index (χ3n) is 4.99. The van der Waals surface area contributed by atoms with Crippen molar-refractivity contribution < 1.29 is 13.2 Å². The minimum Gasteiger partial charge on any atom is -0.353 e. The van der Waals surface area contributed by atoms with E-state index in [4.69, 9.17) is 0 Å². The van der Waals surface area contributed by atoms with Crippen molar-refractivity contribution in [3.05, 3.63) is 42.5 Å². The van der Waals surface area contributed by atoms with Gasteiger partial charge < -0.3 is 5.32 Å². The molecule has 1 aliphatic rings. The lowest BCUT2D eigenvalue weighted by atomic mass is 10.1. The highest BCUT2D eigenvalue weighted by molar-refractivity contribution is 7.89. The second-order valence-electron chi connectivity index (χ2n) is 7.29. The molecular formula is C20H27N3O3S. The Hall–Kier alpha value is -1.96. The first-order valence-electron chi connectivity index (χ1n) is 9.32. The lowest BCUT2D eigenvalue weighted by molar-refractivity contribution is -0.126. The number of carbonyl (C=O) groups excluding carboxylic acids is 1. The zero-order valence-electron chi connectivity index (χ0n) is 16.1. The Morgan fingerprint density at radius 1 is 0.963 bits per heavy atom. The van der Waals surface area contributed by atoms with E-state index in [1.807, 2.05) is 56.0 Å². The van der Waals surface area contributed by atoms with Gasteiger partial charge in [0, 0.05) is 32.2 Å². The maximum absolute atomic E-state index is 13.0. The molecule has 146 valence electrons.